The number of ketones is 1. The molecular weight excluding hydrogens is 409 g/mol. The lowest BCUT2D eigenvalue weighted by atomic mass is 9.98. The lowest BCUT2D eigenvalue weighted by molar-refractivity contribution is 0.0659. The molecule has 0 heterocycles. The van der Waals surface area contributed by atoms with Crippen LogP contribution in [0.25, 0.3) is 6.08 Å². The largest absolute Gasteiger partial charge is 0.494 e. The number of ether oxygens (including phenoxy) is 3. The molecule has 1 N–H and O–H groups in total. The van der Waals surface area contributed by atoms with Crippen molar-refractivity contribution in [2.24, 2.45) is 0 Å². The van der Waals surface area contributed by atoms with Crippen molar-refractivity contribution < 1.29 is 23.4 Å². The Morgan fingerprint density at radius 1 is 1.06 bits per heavy atom. The van der Waals surface area contributed by atoms with Crippen LogP contribution in [-0.2, 0) is 14.2 Å². The molecule has 2 aromatic carbocycles. The number of benzene rings is 2. The maximum absolute atomic E-state index is 13.3. The Hall–Kier alpha value is -3.64. The van der Waals surface area contributed by atoms with Gasteiger partial charge in [-0.25, -0.2) is 4.39 Å². The van der Waals surface area contributed by atoms with Gasteiger partial charge in [0.05, 0.1) is 14.2 Å². The van der Waals surface area contributed by atoms with Gasteiger partial charge in [0, 0.05) is 37.1 Å². The summed E-state index contributed by atoms with van der Waals surface area (Å²) in [5.41, 5.74) is 3.15. The van der Waals surface area contributed by atoms with E-state index in [-0.39, 0.29) is 11.9 Å². The second-order valence-electron chi connectivity index (χ2n) is 7.10. The third-order valence-electron chi connectivity index (χ3n) is 4.97. The summed E-state index contributed by atoms with van der Waals surface area (Å²) in [5, 5.41) is 3.08. The normalized spacial score (nSPS) is 16.4. The van der Waals surface area contributed by atoms with Crippen LogP contribution in [0.3, 0.4) is 0 Å². The average molecular weight is 435 g/mol. The van der Waals surface area contributed by atoms with Crippen molar-refractivity contribution >= 4 is 17.5 Å². The highest BCUT2D eigenvalue weighted by molar-refractivity contribution is 6.04. The quantitative estimate of drug-likeness (QED) is 0.417. The average Bonchev–Trinajstić information content (AvgIpc) is 2.82. The van der Waals surface area contributed by atoms with Gasteiger partial charge in [0.2, 0.25) is 0 Å². The molecule has 0 spiro atoms. The lowest BCUT2D eigenvalue weighted by Gasteiger charge is -2.24. The fourth-order valence-corrected chi connectivity index (χ4v) is 3.35. The first-order chi connectivity index (χ1) is 15.5. The topological polar surface area (TPSA) is 56.8 Å². The molecule has 0 bridgehead atoms. The molecular formula is C26H26FNO4. The van der Waals surface area contributed by atoms with Crippen LogP contribution in [0, 0.1) is 5.82 Å². The van der Waals surface area contributed by atoms with Crippen LogP contribution in [0.4, 0.5) is 10.1 Å². The van der Waals surface area contributed by atoms with Crippen LogP contribution >= 0.6 is 0 Å². The van der Waals surface area contributed by atoms with Gasteiger partial charge in [0.15, 0.2) is 17.3 Å². The molecule has 5 nitrogen and oxygen atoms in total. The molecule has 0 fully saturated rings. The first-order valence-electron chi connectivity index (χ1n) is 10.1. The third kappa shape index (κ3) is 5.95. The molecule has 1 unspecified atom stereocenters. The number of carbonyl (C=O) groups is 1. The minimum Gasteiger partial charge on any atom is -0.494 e. The SMILES string of the molecule is COC1=C(OC)C(OC)CC(/C=C\c2cccc(N/C=C\C(=O)c3cccc(F)c3)c2)=C1. The Kier molecular flexibility index (Phi) is 8.00. The van der Waals surface area contributed by atoms with Gasteiger partial charge in [-0.2, -0.15) is 0 Å². The van der Waals surface area contributed by atoms with Crippen LogP contribution in [0.15, 0.2) is 90.1 Å². The van der Waals surface area contributed by atoms with Crippen molar-refractivity contribution in [3.8, 4) is 0 Å². The molecule has 0 aliphatic heterocycles. The van der Waals surface area contributed by atoms with Crippen molar-refractivity contribution in [3.05, 3.63) is 107 Å². The van der Waals surface area contributed by atoms with Crippen LogP contribution in [0.5, 0.6) is 0 Å². The minimum absolute atomic E-state index is 0.201. The lowest BCUT2D eigenvalue weighted by Crippen LogP contribution is -2.21. The van der Waals surface area contributed by atoms with E-state index in [1.54, 1.807) is 33.6 Å². The van der Waals surface area contributed by atoms with Gasteiger partial charge in [-0.15, -0.1) is 0 Å². The van der Waals surface area contributed by atoms with Gasteiger partial charge < -0.3 is 19.5 Å². The number of halogens is 1. The highest BCUT2D eigenvalue weighted by Gasteiger charge is 2.24. The van der Waals surface area contributed by atoms with E-state index >= 15 is 0 Å². The molecule has 0 saturated heterocycles. The highest BCUT2D eigenvalue weighted by atomic mass is 19.1. The number of hydrogen-bond acceptors (Lipinski definition) is 5. The Morgan fingerprint density at radius 2 is 1.88 bits per heavy atom. The molecule has 2 aromatic rings. The fraction of sp³-hybridized carbons (Fsp3) is 0.192. The fourth-order valence-electron chi connectivity index (χ4n) is 3.35. The van der Waals surface area contributed by atoms with E-state index in [0.29, 0.717) is 23.5 Å². The maximum Gasteiger partial charge on any atom is 0.187 e. The Morgan fingerprint density at radius 3 is 2.59 bits per heavy atom. The Labute approximate surface area is 187 Å². The number of rotatable bonds is 9. The Balaban J connectivity index is 1.67. The highest BCUT2D eigenvalue weighted by Crippen LogP contribution is 2.28. The molecule has 0 aromatic heterocycles. The molecule has 166 valence electrons. The second-order valence-corrected chi connectivity index (χ2v) is 7.10. The summed E-state index contributed by atoms with van der Waals surface area (Å²) in [7, 11) is 4.85. The van der Waals surface area contributed by atoms with Gasteiger partial charge in [-0.3, -0.25) is 4.79 Å². The number of anilines is 1. The van der Waals surface area contributed by atoms with E-state index in [0.717, 1.165) is 16.8 Å². The van der Waals surface area contributed by atoms with E-state index in [1.807, 2.05) is 42.5 Å². The second kappa shape index (κ2) is 11.1. The molecule has 6 heteroatoms. The van der Waals surface area contributed by atoms with Gasteiger partial charge in [0.25, 0.3) is 0 Å². The summed E-state index contributed by atoms with van der Waals surface area (Å²) in [6.07, 6.45) is 9.34. The third-order valence-corrected chi connectivity index (χ3v) is 4.97. The zero-order chi connectivity index (χ0) is 22.9. The summed E-state index contributed by atoms with van der Waals surface area (Å²) in [4.78, 5) is 12.1. The monoisotopic (exact) mass is 435 g/mol. The van der Waals surface area contributed by atoms with Gasteiger partial charge in [-0.1, -0.05) is 36.4 Å². The van der Waals surface area contributed by atoms with Crippen molar-refractivity contribution in [2.45, 2.75) is 12.5 Å². The van der Waals surface area contributed by atoms with E-state index in [2.05, 4.69) is 5.32 Å². The van der Waals surface area contributed by atoms with E-state index < -0.39 is 5.82 Å². The van der Waals surface area contributed by atoms with Gasteiger partial charge in [-0.05, 0) is 41.5 Å². The van der Waals surface area contributed by atoms with Crippen molar-refractivity contribution in [1.82, 2.24) is 0 Å². The van der Waals surface area contributed by atoms with Crippen LogP contribution in [0.1, 0.15) is 22.3 Å². The van der Waals surface area contributed by atoms with Crippen LogP contribution in [0.2, 0.25) is 0 Å². The van der Waals surface area contributed by atoms with Crippen molar-refractivity contribution in [2.75, 3.05) is 26.6 Å². The minimum atomic E-state index is -0.437. The molecule has 1 aliphatic rings. The summed E-state index contributed by atoms with van der Waals surface area (Å²) < 4.78 is 29.6. The summed E-state index contributed by atoms with van der Waals surface area (Å²) in [6.45, 7) is 0. The standard InChI is InChI=1S/C26H26FNO4/c1-30-24-15-19(16-25(31-2)26(24)32-3)11-10-18-6-4-9-22(14-18)28-13-12-23(29)20-7-5-8-21(27)17-20/h4-15,17,25,28H,16H2,1-3H3/b11-10-,13-12-. The summed E-state index contributed by atoms with van der Waals surface area (Å²) >= 11 is 0. The predicted octanol–water partition coefficient (Wildman–Crippen LogP) is 5.50. The molecule has 0 radical (unpaired) electrons. The van der Waals surface area contributed by atoms with E-state index in [1.165, 1.54) is 24.3 Å². The summed E-state index contributed by atoms with van der Waals surface area (Å²) in [6, 6.07) is 13.4. The molecule has 1 aliphatic carbocycles. The van der Waals surface area contributed by atoms with E-state index in [4.69, 9.17) is 14.2 Å². The molecule has 3 rings (SSSR count). The predicted molar refractivity (Wildman–Crippen MR) is 124 cm³/mol. The number of carbonyl (C=O) groups excluding carboxylic acids is 1. The summed E-state index contributed by atoms with van der Waals surface area (Å²) in [5.74, 6) is 0.613. The molecule has 0 amide bonds. The zero-order valence-electron chi connectivity index (χ0n) is 18.3. The number of methoxy groups -OCH3 is 3. The van der Waals surface area contributed by atoms with E-state index in [9.17, 15) is 9.18 Å². The molecule has 0 saturated carbocycles. The molecule has 1 atom stereocenters. The van der Waals surface area contributed by atoms with Gasteiger partial charge >= 0.3 is 0 Å². The van der Waals surface area contributed by atoms with Gasteiger partial charge in [0.1, 0.15) is 11.9 Å². The maximum atomic E-state index is 13.3. The number of nitrogens with one attached hydrogen (secondary N) is 1. The smallest absolute Gasteiger partial charge is 0.187 e. The molecule has 32 heavy (non-hydrogen) atoms. The Bertz CT molecular complexity index is 1080. The van der Waals surface area contributed by atoms with Crippen molar-refractivity contribution in [1.29, 1.82) is 0 Å². The number of hydrogen-bond donors (Lipinski definition) is 1. The zero-order valence-corrected chi connectivity index (χ0v) is 18.3. The van der Waals surface area contributed by atoms with Crippen molar-refractivity contribution in [3.63, 3.8) is 0 Å². The van der Waals surface area contributed by atoms with Crippen LogP contribution in [-0.4, -0.2) is 33.2 Å². The first kappa shape index (κ1) is 23.0. The van der Waals surface area contributed by atoms with Crippen LogP contribution < -0.4 is 5.32 Å². The first-order valence-corrected chi connectivity index (χ1v) is 10.1. The number of allylic oxidation sites excluding steroid dienone is 3.